The molecule has 0 aliphatic rings. The van der Waals surface area contributed by atoms with Crippen LogP contribution in [0.3, 0.4) is 0 Å². The van der Waals surface area contributed by atoms with Gasteiger partial charge in [-0.1, -0.05) is 12.1 Å². The van der Waals surface area contributed by atoms with Gasteiger partial charge in [-0.25, -0.2) is 4.39 Å². The van der Waals surface area contributed by atoms with Crippen molar-refractivity contribution in [3.8, 4) is 11.5 Å². The first-order valence-corrected chi connectivity index (χ1v) is 7.86. The summed E-state index contributed by atoms with van der Waals surface area (Å²) in [6.07, 6.45) is 0. The van der Waals surface area contributed by atoms with E-state index < -0.39 is 0 Å². The van der Waals surface area contributed by atoms with Crippen LogP contribution in [0.5, 0.6) is 11.5 Å². The van der Waals surface area contributed by atoms with Crippen molar-refractivity contribution in [2.24, 2.45) is 0 Å². The average Bonchev–Trinajstić information content (AvgIpc) is 2.57. The van der Waals surface area contributed by atoms with E-state index in [1.807, 2.05) is 19.2 Å². The Kier molecular flexibility index (Phi) is 6.75. The highest BCUT2D eigenvalue weighted by Gasteiger charge is 2.07. The van der Waals surface area contributed by atoms with Crippen LogP contribution in [0.2, 0.25) is 0 Å². The molecule has 0 aliphatic carbocycles. The molecule has 0 amide bonds. The lowest BCUT2D eigenvalue weighted by Crippen LogP contribution is -2.28. The van der Waals surface area contributed by atoms with Crippen LogP contribution in [0.15, 0.2) is 48.5 Å². The molecule has 0 fully saturated rings. The number of halogens is 1. The number of carbonyl (C=O) groups is 1. The monoisotopic (exact) mass is 331 g/mol. The highest BCUT2D eigenvalue weighted by molar-refractivity contribution is 5.96. The average molecular weight is 331 g/mol. The van der Waals surface area contributed by atoms with E-state index in [2.05, 4.69) is 4.90 Å². The van der Waals surface area contributed by atoms with Crippen LogP contribution in [-0.4, -0.2) is 44.0 Å². The fourth-order valence-corrected chi connectivity index (χ4v) is 2.16. The molecule has 5 heteroatoms. The molecule has 0 unspecified atom stereocenters. The van der Waals surface area contributed by atoms with Gasteiger partial charge in [-0.05, 0) is 50.4 Å². The van der Waals surface area contributed by atoms with Crippen molar-refractivity contribution in [3.63, 3.8) is 0 Å². The van der Waals surface area contributed by atoms with Gasteiger partial charge in [0.1, 0.15) is 30.5 Å². The Morgan fingerprint density at radius 2 is 1.62 bits per heavy atom. The molecule has 0 radical (unpaired) electrons. The van der Waals surface area contributed by atoms with Crippen molar-refractivity contribution < 1.29 is 18.7 Å². The van der Waals surface area contributed by atoms with Crippen LogP contribution in [0, 0.1) is 5.82 Å². The molecule has 4 nitrogen and oxygen atoms in total. The lowest BCUT2D eigenvalue weighted by Gasteiger charge is -2.18. The molecule has 128 valence electrons. The summed E-state index contributed by atoms with van der Waals surface area (Å²) < 4.78 is 24.1. The quantitative estimate of drug-likeness (QED) is 0.660. The standard InChI is InChI=1S/C19H22FNO3/c1-15(22)18-5-3-4-6-19(18)24-14-12-21(2)11-13-23-17-9-7-16(20)8-10-17/h3-10H,11-14H2,1-2H3. The Labute approximate surface area is 141 Å². The van der Waals surface area contributed by atoms with E-state index in [0.717, 1.165) is 6.54 Å². The van der Waals surface area contributed by atoms with Gasteiger partial charge in [0.25, 0.3) is 0 Å². The molecular weight excluding hydrogens is 309 g/mol. The molecule has 0 heterocycles. The Bertz CT molecular complexity index is 658. The zero-order valence-electron chi connectivity index (χ0n) is 14.0. The predicted octanol–water partition coefficient (Wildman–Crippen LogP) is 3.42. The minimum absolute atomic E-state index is 0.00773. The third-order valence-corrected chi connectivity index (χ3v) is 3.55. The normalized spacial score (nSPS) is 10.7. The second-order valence-corrected chi connectivity index (χ2v) is 5.51. The van der Waals surface area contributed by atoms with Crippen LogP contribution in [0.1, 0.15) is 17.3 Å². The molecule has 0 spiro atoms. The maximum absolute atomic E-state index is 12.8. The Morgan fingerprint density at radius 3 is 2.29 bits per heavy atom. The van der Waals surface area contributed by atoms with Gasteiger partial charge in [0.2, 0.25) is 0 Å². The molecule has 0 aliphatic heterocycles. The lowest BCUT2D eigenvalue weighted by molar-refractivity contribution is 0.101. The van der Waals surface area contributed by atoms with E-state index in [1.165, 1.54) is 19.1 Å². The summed E-state index contributed by atoms with van der Waals surface area (Å²) >= 11 is 0. The molecule has 0 saturated carbocycles. The molecule has 0 N–H and O–H groups in total. The fraction of sp³-hybridized carbons (Fsp3) is 0.316. The smallest absolute Gasteiger partial charge is 0.163 e. The number of para-hydroxylation sites is 1. The number of rotatable bonds is 9. The minimum Gasteiger partial charge on any atom is -0.492 e. The van der Waals surface area contributed by atoms with Gasteiger partial charge < -0.3 is 9.47 Å². The number of benzene rings is 2. The molecule has 2 rings (SSSR count). The van der Waals surface area contributed by atoms with Crippen molar-refractivity contribution in [1.29, 1.82) is 0 Å². The number of carbonyl (C=O) groups excluding carboxylic acids is 1. The summed E-state index contributed by atoms with van der Waals surface area (Å²) in [5.74, 6) is 0.978. The van der Waals surface area contributed by atoms with E-state index in [9.17, 15) is 9.18 Å². The number of hydrogen-bond donors (Lipinski definition) is 0. The Balaban J connectivity index is 1.69. The summed E-state index contributed by atoms with van der Waals surface area (Å²) in [5, 5.41) is 0. The van der Waals surface area contributed by atoms with Gasteiger partial charge >= 0.3 is 0 Å². The van der Waals surface area contributed by atoms with Crippen LogP contribution in [0.4, 0.5) is 4.39 Å². The minimum atomic E-state index is -0.276. The number of ketones is 1. The molecule has 0 aromatic heterocycles. The summed E-state index contributed by atoms with van der Waals surface area (Å²) in [7, 11) is 1.97. The summed E-state index contributed by atoms with van der Waals surface area (Å²) in [4.78, 5) is 13.6. The van der Waals surface area contributed by atoms with Gasteiger partial charge in [0, 0.05) is 13.1 Å². The van der Waals surface area contributed by atoms with Gasteiger partial charge in [0.05, 0.1) is 5.56 Å². The van der Waals surface area contributed by atoms with Crippen LogP contribution in [0.25, 0.3) is 0 Å². The maximum atomic E-state index is 12.8. The fourth-order valence-electron chi connectivity index (χ4n) is 2.16. The van der Waals surface area contributed by atoms with E-state index >= 15 is 0 Å². The van der Waals surface area contributed by atoms with Gasteiger partial charge in [0.15, 0.2) is 5.78 Å². The molecule has 0 atom stereocenters. The van der Waals surface area contributed by atoms with Gasteiger partial charge in [-0.2, -0.15) is 0 Å². The Hall–Kier alpha value is -2.40. The molecule has 2 aromatic carbocycles. The lowest BCUT2D eigenvalue weighted by atomic mass is 10.1. The van der Waals surface area contributed by atoms with Crippen molar-refractivity contribution >= 4 is 5.78 Å². The number of ether oxygens (including phenoxy) is 2. The van der Waals surface area contributed by atoms with Crippen molar-refractivity contribution in [3.05, 3.63) is 59.9 Å². The first kappa shape index (κ1) is 17.9. The number of hydrogen-bond acceptors (Lipinski definition) is 4. The summed E-state index contributed by atoms with van der Waals surface area (Å²) in [6.45, 7) is 3.94. The number of likely N-dealkylation sites (N-methyl/N-ethyl adjacent to an activating group) is 1. The molecular formula is C19H22FNO3. The zero-order valence-corrected chi connectivity index (χ0v) is 14.0. The third-order valence-electron chi connectivity index (χ3n) is 3.55. The molecule has 0 bridgehead atoms. The number of Topliss-reactive ketones (excluding diaryl/α,β-unsaturated/α-hetero) is 1. The van der Waals surface area contributed by atoms with Crippen molar-refractivity contribution in [1.82, 2.24) is 4.90 Å². The van der Waals surface area contributed by atoms with E-state index in [4.69, 9.17) is 9.47 Å². The SMILES string of the molecule is CC(=O)c1ccccc1OCCN(C)CCOc1ccc(F)cc1. The third kappa shape index (κ3) is 5.66. The zero-order chi connectivity index (χ0) is 17.4. The second kappa shape index (κ2) is 9.03. The van der Waals surface area contributed by atoms with Crippen molar-refractivity contribution in [2.75, 3.05) is 33.4 Å². The van der Waals surface area contributed by atoms with Crippen LogP contribution < -0.4 is 9.47 Å². The van der Waals surface area contributed by atoms with Gasteiger partial charge in [-0.3, -0.25) is 9.69 Å². The van der Waals surface area contributed by atoms with Crippen LogP contribution in [-0.2, 0) is 0 Å². The molecule has 2 aromatic rings. The highest BCUT2D eigenvalue weighted by Crippen LogP contribution is 2.18. The second-order valence-electron chi connectivity index (χ2n) is 5.51. The van der Waals surface area contributed by atoms with E-state index in [1.54, 1.807) is 24.3 Å². The van der Waals surface area contributed by atoms with Crippen LogP contribution >= 0.6 is 0 Å². The number of nitrogens with zero attached hydrogens (tertiary/aromatic N) is 1. The predicted molar refractivity (Wildman–Crippen MR) is 91.3 cm³/mol. The van der Waals surface area contributed by atoms with Gasteiger partial charge in [-0.15, -0.1) is 0 Å². The largest absolute Gasteiger partial charge is 0.492 e. The van der Waals surface area contributed by atoms with Crippen molar-refractivity contribution in [2.45, 2.75) is 6.92 Å². The van der Waals surface area contributed by atoms with E-state index in [-0.39, 0.29) is 11.6 Å². The Morgan fingerprint density at radius 1 is 1.00 bits per heavy atom. The highest BCUT2D eigenvalue weighted by atomic mass is 19.1. The molecule has 0 saturated heterocycles. The maximum Gasteiger partial charge on any atom is 0.163 e. The summed E-state index contributed by atoms with van der Waals surface area (Å²) in [6, 6.07) is 13.2. The first-order valence-electron chi connectivity index (χ1n) is 7.86. The van der Waals surface area contributed by atoms with E-state index in [0.29, 0.717) is 36.8 Å². The molecule has 24 heavy (non-hydrogen) atoms. The summed E-state index contributed by atoms with van der Waals surface area (Å²) in [5.41, 5.74) is 0.597. The topological polar surface area (TPSA) is 38.8 Å². The first-order chi connectivity index (χ1) is 11.6.